The second-order valence-electron chi connectivity index (χ2n) is 6.70. The van der Waals surface area contributed by atoms with Crippen molar-refractivity contribution in [2.75, 3.05) is 41.3 Å². The molecule has 1 amide bonds. The van der Waals surface area contributed by atoms with Crippen molar-refractivity contribution in [2.24, 2.45) is 0 Å². The zero-order valence-corrected chi connectivity index (χ0v) is 15.8. The van der Waals surface area contributed by atoms with Gasteiger partial charge in [-0.2, -0.15) is 5.26 Å². The van der Waals surface area contributed by atoms with E-state index in [9.17, 15) is 4.79 Å². The summed E-state index contributed by atoms with van der Waals surface area (Å²) in [6, 6.07) is 18.5. The fourth-order valence-electron chi connectivity index (χ4n) is 3.30. The number of hydrogen-bond donors (Lipinski definition) is 1. The Hall–Kier alpha value is -3.92. The number of amides is 1. The minimum Gasteiger partial charge on any atom is -0.368 e. The first-order valence-electron chi connectivity index (χ1n) is 9.41. The first-order valence-corrected chi connectivity index (χ1v) is 9.41. The van der Waals surface area contributed by atoms with E-state index in [4.69, 9.17) is 5.26 Å². The van der Waals surface area contributed by atoms with Crippen LogP contribution < -0.4 is 15.1 Å². The SMILES string of the molecule is N#Cc1ccc(NC(=O)c2cc(N3CCN(c4ccccn4)CC3)ccn2)cc1. The number of piperazine rings is 1. The fourth-order valence-corrected chi connectivity index (χ4v) is 3.30. The Morgan fingerprint density at radius 1 is 0.931 bits per heavy atom. The Labute approximate surface area is 169 Å². The van der Waals surface area contributed by atoms with Gasteiger partial charge in [0.15, 0.2) is 0 Å². The third-order valence-electron chi connectivity index (χ3n) is 4.87. The van der Waals surface area contributed by atoms with Crippen molar-refractivity contribution in [3.8, 4) is 6.07 Å². The van der Waals surface area contributed by atoms with Gasteiger partial charge in [0, 0.05) is 49.9 Å². The molecular weight excluding hydrogens is 364 g/mol. The molecule has 0 bridgehead atoms. The van der Waals surface area contributed by atoms with Gasteiger partial charge in [-0.05, 0) is 48.5 Å². The fraction of sp³-hybridized carbons (Fsp3) is 0.182. The monoisotopic (exact) mass is 384 g/mol. The Morgan fingerprint density at radius 3 is 2.38 bits per heavy atom. The van der Waals surface area contributed by atoms with Crippen molar-refractivity contribution in [1.29, 1.82) is 5.26 Å². The van der Waals surface area contributed by atoms with Crippen molar-refractivity contribution >= 4 is 23.1 Å². The van der Waals surface area contributed by atoms with Crippen LogP contribution in [0.15, 0.2) is 67.0 Å². The summed E-state index contributed by atoms with van der Waals surface area (Å²) >= 11 is 0. The van der Waals surface area contributed by atoms with E-state index in [1.54, 1.807) is 30.5 Å². The predicted molar refractivity (Wildman–Crippen MR) is 112 cm³/mol. The van der Waals surface area contributed by atoms with Crippen LogP contribution in [0, 0.1) is 11.3 Å². The summed E-state index contributed by atoms with van der Waals surface area (Å²) in [5.74, 6) is 0.716. The normalized spacial score (nSPS) is 13.6. The van der Waals surface area contributed by atoms with Crippen LogP contribution in [0.4, 0.5) is 17.2 Å². The molecule has 0 aliphatic carbocycles. The van der Waals surface area contributed by atoms with E-state index in [0.717, 1.165) is 37.7 Å². The maximum atomic E-state index is 12.6. The lowest BCUT2D eigenvalue weighted by atomic mass is 10.2. The van der Waals surface area contributed by atoms with E-state index in [-0.39, 0.29) is 5.91 Å². The van der Waals surface area contributed by atoms with E-state index in [0.29, 0.717) is 16.9 Å². The molecule has 1 aliphatic heterocycles. The number of carbonyl (C=O) groups excluding carboxylic acids is 1. The molecule has 4 rings (SSSR count). The standard InChI is InChI=1S/C22H20N6O/c23-16-17-4-6-18(7-5-17)26-22(29)20-15-19(8-10-24-20)27-11-13-28(14-12-27)21-3-1-2-9-25-21/h1-10,15H,11-14H2,(H,26,29). The van der Waals surface area contributed by atoms with E-state index in [2.05, 4.69) is 31.2 Å². The van der Waals surface area contributed by atoms with Crippen molar-refractivity contribution in [3.05, 3.63) is 78.2 Å². The molecule has 29 heavy (non-hydrogen) atoms. The number of benzene rings is 1. The summed E-state index contributed by atoms with van der Waals surface area (Å²) in [4.78, 5) is 25.7. The number of carbonyl (C=O) groups is 1. The van der Waals surface area contributed by atoms with Gasteiger partial charge in [-0.15, -0.1) is 0 Å². The molecule has 0 spiro atoms. The molecule has 1 saturated heterocycles. The number of hydrogen-bond acceptors (Lipinski definition) is 6. The molecule has 3 heterocycles. The van der Waals surface area contributed by atoms with Gasteiger partial charge in [-0.3, -0.25) is 9.78 Å². The maximum Gasteiger partial charge on any atom is 0.274 e. The van der Waals surface area contributed by atoms with Crippen molar-refractivity contribution in [2.45, 2.75) is 0 Å². The van der Waals surface area contributed by atoms with E-state index in [1.807, 2.05) is 36.5 Å². The molecule has 7 heteroatoms. The average molecular weight is 384 g/mol. The van der Waals surface area contributed by atoms with E-state index in [1.165, 1.54) is 0 Å². The first kappa shape index (κ1) is 18.4. The van der Waals surface area contributed by atoms with Gasteiger partial charge in [0.2, 0.25) is 0 Å². The lowest BCUT2D eigenvalue weighted by Crippen LogP contribution is -2.46. The van der Waals surface area contributed by atoms with Crippen molar-refractivity contribution < 1.29 is 4.79 Å². The van der Waals surface area contributed by atoms with Crippen LogP contribution in [-0.2, 0) is 0 Å². The van der Waals surface area contributed by atoms with Gasteiger partial charge in [0.25, 0.3) is 5.91 Å². The Bertz CT molecular complexity index is 1020. The zero-order valence-electron chi connectivity index (χ0n) is 15.8. The van der Waals surface area contributed by atoms with Crippen LogP contribution in [0.3, 0.4) is 0 Å². The minimum atomic E-state index is -0.274. The molecule has 7 nitrogen and oxygen atoms in total. The van der Waals surface area contributed by atoms with E-state index >= 15 is 0 Å². The Kier molecular flexibility index (Phi) is 5.34. The van der Waals surface area contributed by atoms with Gasteiger partial charge in [0.1, 0.15) is 11.5 Å². The van der Waals surface area contributed by atoms with Crippen molar-refractivity contribution in [1.82, 2.24) is 9.97 Å². The molecule has 1 fully saturated rings. The summed E-state index contributed by atoms with van der Waals surface area (Å²) in [5, 5.41) is 11.7. The highest BCUT2D eigenvalue weighted by Gasteiger charge is 2.19. The van der Waals surface area contributed by atoms with E-state index < -0.39 is 0 Å². The lowest BCUT2D eigenvalue weighted by molar-refractivity contribution is 0.102. The summed E-state index contributed by atoms with van der Waals surface area (Å²) < 4.78 is 0. The lowest BCUT2D eigenvalue weighted by Gasteiger charge is -2.36. The van der Waals surface area contributed by atoms with Gasteiger partial charge in [-0.1, -0.05) is 6.07 Å². The molecule has 0 atom stereocenters. The number of rotatable bonds is 4. The Morgan fingerprint density at radius 2 is 1.69 bits per heavy atom. The average Bonchev–Trinajstić information content (AvgIpc) is 2.80. The highest BCUT2D eigenvalue weighted by Crippen LogP contribution is 2.20. The summed E-state index contributed by atoms with van der Waals surface area (Å²) in [7, 11) is 0. The molecule has 0 saturated carbocycles. The molecule has 1 aromatic carbocycles. The van der Waals surface area contributed by atoms with Crippen LogP contribution in [0.25, 0.3) is 0 Å². The Balaban J connectivity index is 1.41. The molecule has 3 aromatic rings. The number of nitrogens with one attached hydrogen (secondary N) is 1. The number of aromatic nitrogens is 2. The summed E-state index contributed by atoms with van der Waals surface area (Å²) in [6.07, 6.45) is 3.47. The van der Waals surface area contributed by atoms with Gasteiger partial charge >= 0.3 is 0 Å². The first-order chi connectivity index (χ1) is 14.2. The third-order valence-corrected chi connectivity index (χ3v) is 4.87. The van der Waals surface area contributed by atoms with Crippen LogP contribution in [0.5, 0.6) is 0 Å². The minimum absolute atomic E-state index is 0.274. The summed E-state index contributed by atoms with van der Waals surface area (Å²) in [5.41, 5.74) is 2.52. The molecular formula is C22H20N6O. The van der Waals surface area contributed by atoms with Gasteiger partial charge in [0.05, 0.1) is 11.6 Å². The quantitative estimate of drug-likeness (QED) is 0.744. The molecule has 2 aromatic heterocycles. The topological polar surface area (TPSA) is 85.2 Å². The molecule has 1 N–H and O–H groups in total. The van der Waals surface area contributed by atoms with Crippen molar-refractivity contribution in [3.63, 3.8) is 0 Å². The molecule has 0 radical (unpaired) electrons. The number of anilines is 3. The zero-order chi connectivity index (χ0) is 20.1. The van der Waals surface area contributed by atoms with Crippen LogP contribution in [-0.4, -0.2) is 42.1 Å². The predicted octanol–water partition coefficient (Wildman–Crippen LogP) is 2.93. The largest absolute Gasteiger partial charge is 0.368 e. The third kappa shape index (κ3) is 4.33. The number of nitrogens with zero attached hydrogens (tertiary/aromatic N) is 5. The van der Waals surface area contributed by atoms with Crippen LogP contribution in [0.2, 0.25) is 0 Å². The van der Waals surface area contributed by atoms with Crippen LogP contribution in [0.1, 0.15) is 16.1 Å². The molecule has 1 aliphatic rings. The smallest absolute Gasteiger partial charge is 0.274 e. The summed E-state index contributed by atoms with van der Waals surface area (Å²) in [6.45, 7) is 3.42. The maximum absolute atomic E-state index is 12.6. The second-order valence-corrected chi connectivity index (χ2v) is 6.70. The number of pyridine rings is 2. The highest BCUT2D eigenvalue weighted by molar-refractivity contribution is 6.03. The molecule has 0 unspecified atom stereocenters. The second kappa shape index (κ2) is 8.40. The van der Waals surface area contributed by atoms with Gasteiger partial charge < -0.3 is 15.1 Å². The molecule has 144 valence electrons. The number of nitriles is 1. The van der Waals surface area contributed by atoms with Crippen LogP contribution >= 0.6 is 0 Å². The highest BCUT2D eigenvalue weighted by atomic mass is 16.1. The van der Waals surface area contributed by atoms with Gasteiger partial charge in [-0.25, -0.2) is 4.98 Å².